The largest absolute Gasteiger partial charge is 0.315 e. The van der Waals surface area contributed by atoms with Gasteiger partial charge in [0.05, 0.1) is 10.5 Å². The van der Waals surface area contributed by atoms with E-state index in [9.17, 15) is 12.8 Å². The van der Waals surface area contributed by atoms with Crippen molar-refractivity contribution in [3.05, 3.63) is 29.6 Å². The summed E-state index contributed by atoms with van der Waals surface area (Å²) in [6.07, 6.45) is 0.728. The van der Waals surface area contributed by atoms with Crippen molar-refractivity contribution in [3.8, 4) is 6.07 Å². The van der Waals surface area contributed by atoms with Crippen LogP contribution in [0.3, 0.4) is 0 Å². The van der Waals surface area contributed by atoms with Gasteiger partial charge in [-0.1, -0.05) is 0 Å². The summed E-state index contributed by atoms with van der Waals surface area (Å²) in [6, 6.07) is 4.95. The Morgan fingerprint density at radius 2 is 2.05 bits per heavy atom. The van der Waals surface area contributed by atoms with E-state index in [1.54, 1.807) is 6.07 Å². The number of sulfonamides is 1. The number of nitriles is 1. The second-order valence-electron chi connectivity index (χ2n) is 4.26. The molecule has 0 radical (unpaired) electrons. The molecule has 1 aromatic rings. The minimum atomic E-state index is -3.66. The average Bonchev–Trinajstić information content (AvgIpc) is 2.68. The predicted octanol–water partition coefficient (Wildman–Crippen LogP) is 1.10. The van der Waals surface area contributed by atoms with E-state index in [0.717, 1.165) is 25.1 Å². The summed E-state index contributed by atoms with van der Waals surface area (Å²) < 4.78 is 39.4. The maximum Gasteiger partial charge on any atom is 0.243 e. The predicted molar refractivity (Wildman–Crippen MR) is 74.6 cm³/mol. The Hall–Kier alpha value is -1.20. The first-order chi connectivity index (χ1) is 9.05. The van der Waals surface area contributed by atoms with Gasteiger partial charge in [0.15, 0.2) is 0 Å². The Morgan fingerprint density at radius 3 is 2.75 bits per heavy atom. The fourth-order valence-electron chi connectivity index (χ4n) is 1.96. The average molecular weight is 320 g/mol. The van der Waals surface area contributed by atoms with Gasteiger partial charge in [0.25, 0.3) is 0 Å². The summed E-state index contributed by atoms with van der Waals surface area (Å²) in [5.74, 6) is -0.709. The zero-order valence-electron chi connectivity index (χ0n) is 10.7. The summed E-state index contributed by atoms with van der Waals surface area (Å²) in [7, 11) is -3.66. The van der Waals surface area contributed by atoms with Crippen molar-refractivity contribution < 1.29 is 12.8 Å². The van der Waals surface area contributed by atoms with Crippen LogP contribution in [-0.4, -0.2) is 38.9 Å². The summed E-state index contributed by atoms with van der Waals surface area (Å²) in [5.41, 5.74) is -0.256. The van der Waals surface area contributed by atoms with Crippen molar-refractivity contribution in [2.45, 2.75) is 11.3 Å². The van der Waals surface area contributed by atoms with E-state index in [1.807, 2.05) is 0 Å². The van der Waals surface area contributed by atoms with Gasteiger partial charge in [0, 0.05) is 19.6 Å². The first-order valence-electron chi connectivity index (χ1n) is 5.96. The normalized spacial score (nSPS) is 16.8. The molecular weight excluding hydrogens is 305 g/mol. The molecule has 0 atom stereocenters. The van der Waals surface area contributed by atoms with Crippen molar-refractivity contribution in [1.29, 1.82) is 5.26 Å². The highest BCUT2D eigenvalue weighted by Gasteiger charge is 2.25. The third-order valence-electron chi connectivity index (χ3n) is 3.00. The molecule has 110 valence electrons. The summed E-state index contributed by atoms with van der Waals surface area (Å²) in [4.78, 5) is -0.0349. The molecule has 1 N–H and O–H groups in total. The summed E-state index contributed by atoms with van der Waals surface area (Å²) in [5, 5.41) is 11.9. The number of hydrogen-bond acceptors (Lipinski definition) is 4. The fourth-order valence-corrected chi connectivity index (χ4v) is 3.47. The zero-order chi connectivity index (χ0) is 13.9. The molecule has 0 saturated carbocycles. The molecule has 5 nitrogen and oxygen atoms in total. The number of nitrogens with one attached hydrogen (secondary N) is 1. The Kier molecular flexibility index (Phi) is 5.89. The van der Waals surface area contributed by atoms with Gasteiger partial charge in [-0.15, -0.1) is 12.4 Å². The molecule has 0 unspecified atom stereocenters. The first-order valence-corrected chi connectivity index (χ1v) is 7.40. The molecule has 0 amide bonds. The van der Waals surface area contributed by atoms with Gasteiger partial charge in [-0.3, -0.25) is 0 Å². The maximum atomic E-state index is 13.2. The second-order valence-corrected chi connectivity index (χ2v) is 6.20. The first kappa shape index (κ1) is 16.9. The Balaban J connectivity index is 0.00000200. The van der Waals surface area contributed by atoms with Crippen molar-refractivity contribution >= 4 is 22.4 Å². The SMILES string of the molecule is Cl.N#Cc1cc(S(=O)(=O)N2CCCNCC2)ccc1F. The fraction of sp³-hybridized carbons (Fsp3) is 0.417. The van der Waals surface area contributed by atoms with Gasteiger partial charge in [-0.25, -0.2) is 12.8 Å². The Morgan fingerprint density at radius 1 is 1.30 bits per heavy atom. The van der Waals surface area contributed by atoms with Crippen LogP contribution in [0, 0.1) is 17.1 Å². The van der Waals surface area contributed by atoms with E-state index < -0.39 is 15.8 Å². The number of nitrogens with zero attached hydrogens (tertiary/aromatic N) is 2. The van der Waals surface area contributed by atoms with Gasteiger partial charge >= 0.3 is 0 Å². The molecule has 0 spiro atoms. The Labute approximate surface area is 123 Å². The molecule has 2 rings (SSSR count). The number of halogens is 2. The molecule has 1 aliphatic rings. The van der Waals surface area contributed by atoms with Crippen LogP contribution in [0.5, 0.6) is 0 Å². The van der Waals surface area contributed by atoms with E-state index >= 15 is 0 Å². The molecule has 1 fully saturated rings. The van der Waals surface area contributed by atoms with Crippen molar-refractivity contribution in [3.63, 3.8) is 0 Å². The van der Waals surface area contributed by atoms with Crippen LogP contribution >= 0.6 is 12.4 Å². The summed E-state index contributed by atoms with van der Waals surface area (Å²) >= 11 is 0. The maximum absolute atomic E-state index is 13.2. The van der Waals surface area contributed by atoms with E-state index in [4.69, 9.17) is 5.26 Å². The lowest BCUT2D eigenvalue weighted by Gasteiger charge is -2.19. The lowest BCUT2D eigenvalue weighted by molar-refractivity contribution is 0.432. The number of benzene rings is 1. The van der Waals surface area contributed by atoms with Gasteiger partial charge < -0.3 is 5.32 Å². The van der Waals surface area contributed by atoms with Crippen molar-refractivity contribution in [1.82, 2.24) is 9.62 Å². The lowest BCUT2D eigenvalue weighted by Crippen LogP contribution is -2.34. The third-order valence-corrected chi connectivity index (χ3v) is 4.89. The van der Waals surface area contributed by atoms with E-state index in [0.29, 0.717) is 19.6 Å². The van der Waals surface area contributed by atoms with Gasteiger partial charge in [0.2, 0.25) is 10.0 Å². The van der Waals surface area contributed by atoms with Crippen molar-refractivity contribution in [2.75, 3.05) is 26.2 Å². The Bertz CT molecular complexity index is 608. The van der Waals surface area contributed by atoms with Crippen LogP contribution < -0.4 is 5.32 Å². The topological polar surface area (TPSA) is 73.2 Å². The molecule has 0 aromatic heterocycles. The monoisotopic (exact) mass is 319 g/mol. The standard InChI is InChI=1S/C12H14FN3O2S.ClH/c13-12-3-2-11(8-10(12)9-14)19(17,18)16-6-1-4-15-5-7-16;/h2-3,8,15H,1,4-7H2;1H. The number of hydrogen-bond donors (Lipinski definition) is 1. The molecular formula is C12H15ClFN3O2S. The van der Waals surface area contributed by atoms with Gasteiger partial charge in [-0.2, -0.15) is 9.57 Å². The van der Waals surface area contributed by atoms with E-state index in [-0.39, 0.29) is 22.9 Å². The van der Waals surface area contributed by atoms with Crippen LogP contribution in [0.4, 0.5) is 4.39 Å². The van der Waals surface area contributed by atoms with E-state index in [2.05, 4.69) is 5.32 Å². The highest BCUT2D eigenvalue weighted by molar-refractivity contribution is 7.89. The molecule has 0 bridgehead atoms. The second kappa shape index (κ2) is 6.99. The van der Waals surface area contributed by atoms with Crippen LogP contribution in [0.25, 0.3) is 0 Å². The highest BCUT2D eigenvalue weighted by atomic mass is 35.5. The quantitative estimate of drug-likeness (QED) is 0.886. The lowest BCUT2D eigenvalue weighted by atomic mass is 10.2. The molecule has 1 saturated heterocycles. The van der Waals surface area contributed by atoms with Crippen LogP contribution in [0.15, 0.2) is 23.1 Å². The smallest absolute Gasteiger partial charge is 0.243 e. The van der Waals surface area contributed by atoms with Crippen molar-refractivity contribution in [2.24, 2.45) is 0 Å². The molecule has 20 heavy (non-hydrogen) atoms. The molecule has 0 aliphatic carbocycles. The minimum absolute atomic E-state index is 0. The van der Waals surface area contributed by atoms with Crippen LogP contribution in [0.1, 0.15) is 12.0 Å². The minimum Gasteiger partial charge on any atom is -0.315 e. The number of rotatable bonds is 2. The van der Waals surface area contributed by atoms with Gasteiger partial charge in [-0.05, 0) is 31.2 Å². The van der Waals surface area contributed by atoms with Crippen LogP contribution in [0.2, 0.25) is 0 Å². The molecule has 8 heteroatoms. The van der Waals surface area contributed by atoms with Gasteiger partial charge in [0.1, 0.15) is 11.9 Å². The summed E-state index contributed by atoms with van der Waals surface area (Å²) in [6.45, 7) is 2.17. The third kappa shape index (κ3) is 3.46. The molecule has 1 heterocycles. The van der Waals surface area contributed by atoms with Crippen LogP contribution in [-0.2, 0) is 10.0 Å². The zero-order valence-corrected chi connectivity index (χ0v) is 12.3. The molecule has 1 aliphatic heterocycles. The highest BCUT2D eigenvalue weighted by Crippen LogP contribution is 2.19. The molecule has 1 aromatic carbocycles. The van der Waals surface area contributed by atoms with E-state index in [1.165, 1.54) is 10.4 Å².